The van der Waals surface area contributed by atoms with Crippen molar-refractivity contribution < 1.29 is 31.4 Å². The molecule has 0 heterocycles. The maximum atomic E-state index is 13.0. The molecule has 6 aliphatic carbocycles. The molecule has 0 radical (unpaired) electrons. The normalized spacial score (nSPS) is 49.8. The van der Waals surface area contributed by atoms with Gasteiger partial charge in [0.1, 0.15) is 0 Å². The first-order valence-corrected chi connectivity index (χ1v) is 8.03. The van der Waals surface area contributed by atoms with Crippen LogP contribution in [0.15, 0.2) is 0 Å². The lowest BCUT2D eigenvalue weighted by atomic mass is 9.26. The number of hydrogen-bond acceptors (Lipinski definition) is 1. The fourth-order valence-electron chi connectivity index (χ4n) is 7.73. The predicted molar refractivity (Wildman–Crippen MR) is 69.2 cm³/mol. The van der Waals surface area contributed by atoms with Crippen molar-refractivity contribution in [2.75, 3.05) is 0 Å². The van der Waals surface area contributed by atoms with Crippen LogP contribution in [-0.4, -0.2) is 23.1 Å². The monoisotopic (exact) mass is 342 g/mol. The second kappa shape index (κ2) is 3.56. The smallest absolute Gasteiger partial charge is 0.374 e. The number of halogens is 6. The van der Waals surface area contributed by atoms with Crippen LogP contribution in [0.2, 0.25) is 0 Å². The van der Waals surface area contributed by atoms with Crippen LogP contribution >= 0.6 is 0 Å². The Morgan fingerprint density at radius 3 is 1.96 bits per heavy atom. The molecular formula is C16H20F6O. The van der Waals surface area contributed by atoms with Crippen molar-refractivity contribution >= 4 is 0 Å². The van der Waals surface area contributed by atoms with Gasteiger partial charge in [-0.25, -0.2) is 0 Å². The van der Waals surface area contributed by atoms with E-state index < -0.39 is 35.7 Å². The van der Waals surface area contributed by atoms with E-state index in [9.17, 15) is 31.4 Å². The highest BCUT2D eigenvalue weighted by Crippen LogP contribution is 2.99. The first kappa shape index (κ1) is 16.0. The molecule has 6 rings (SSSR count). The zero-order valence-corrected chi connectivity index (χ0v) is 13.1. The van der Waals surface area contributed by atoms with E-state index in [1.807, 2.05) is 6.92 Å². The maximum Gasteiger partial charge on any atom is 0.426 e. The topological polar surface area (TPSA) is 20.2 Å². The molecular weight excluding hydrogens is 322 g/mol. The summed E-state index contributed by atoms with van der Waals surface area (Å²) in [5.41, 5.74) is -5.13. The molecule has 23 heavy (non-hydrogen) atoms. The summed E-state index contributed by atoms with van der Waals surface area (Å²) in [4.78, 5) is 0. The van der Waals surface area contributed by atoms with Crippen LogP contribution < -0.4 is 0 Å². The SMILES string of the molecule is CC1C2C3C14CC2(CC4CC(O)(C(F)(F)F)C(F)(F)F)C3(C)C. The van der Waals surface area contributed by atoms with Gasteiger partial charge in [-0.3, -0.25) is 0 Å². The van der Waals surface area contributed by atoms with Gasteiger partial charge in [-0.05, 0) is 59.2 Å². The van der Waals surface area contributed by atoms with Gasteiger partial charge in [0.25, 0.3) is 5.60 Å². The van der Waals surface area contributed by atoms with E-state index in [-0.39, 0.29) is 22.7 Å². The third-order valence-electron chi connectivity index (χ3n) is 8.50. The summed E-state index contributed by atoms with van der Waals surface area (Å²) in [6.07, 6.45) is -11.5. The standard InChI is InChI=1S/C16H20F6O/c1-7-9-10-11(2,3)12(9)4-8(13(7,10)6-12)5-14(23,15(17,18)19)16(20,21)22/h7-10,23H,4-6H2,1-3H3. The van der Waals surface area contributed by atoms with E-state index >= 15 is 0 Å². The highest BCUT2D eigenvalue weighted by molar-refractivity contribution is 5.41. The molecule has 0 aromatic carbocycles. The minimum Gasteiger partial charge on any atom is -0.374 e. The molecule has 1 N–H and O–H groups in total. The summed E-state index contributed by atoms with van der Waals surface area (Å²) in [6.45, 7) is 6.15. The van der Waals surface area contributed by atoms with Crippen molar-refractivity contribution in [2.45, 2.75) is 58.0 Å². The molecule has 132 valence electrons. The molecule has 6 atom stereocenters. The molecule has 0 amide bonds. The summed E-state index contributed by atoms with van der Waals surface area (Å²) < 4.78 is 78.1. The van der Waals surface area contributed by atoms with Gasteiger partial charge in [0.05, 0.1) is 0 Å². The zero-order chi connectivity index (χ0) is 17.4. The van der Waals surface area contributed by atoms with E-state index in [0.29, 0.717) is 12.3 Å². The summed E-state index contributed by atoms with van der Waals surface area (Å²) in [5, 5.41) is 9.57. The van der Waals surface area contributed by atoms with E-state index in [1.165, 1.54) is 0 Å². The molecule has 2 spiro atoms. The van der Waals surface area contributed by atoms with Crippen LogP contribution in [0, 0.1) is 39.9 Å². The fraction of sp³-hybridized carbons (Fsp3) is 1.00. The molecule has 6 unspecified atom stereocenters. The van der Waals surface area contributed by atoms with E-state index in [2.05, 4.69) is 13.8 Å². The minimum atomic E-state index is -5.70. The highest BCUT2D eigenvalue weighted by Gasteiger charge is 2.94. The molecule has 6 aliphatic rings. The van der Waals surface area contributed by atoms with Gasteiger partial charge in [0, 0.05) is 0 Å². The van der Waals surface area contributed by atoms with Crippen molar-refractivity contribution in [1.82, 2.24) is 0 Å². The van der Waals surface area contributed by atoms with Gasteiger partial charge in [-0.1, -0.05) is 20.8 Å². The lowest BCUT2D eigenvalue weighted by Crippen LogP contribution is -2.75. The third kappa shape index (κ3) is 1.27. The van der Waals surface area contributed by atoms with Gasteiger partial charge < -0.3 is 5.11 Å². The van der Waals surface area contributed by atoms with Gasteiger partial charge in [-0.15, -0.1) is 0 Å². The molecule has 6 saturated carbocycles. The number of rotatable bonds is 2. The van der Waals surface area contributed by atoms with Crippen molar-refractivity contribution in [3.63, 3.8) is 0 Å². The van der Waals surface area contributed by atoms with Crippen LogP contribution in [0.25, 0.3) is 0 Å². The van der Waals surface area contributed by atoms with Crippen LogP contribution in [0.5, 0.6) is 0 Å². The summed E-state index contributed by atoms with van der Waals surface area (Å²) in [7, 11) is 0. The van der Waals surface area contributed by atoms with Crippen molar-refractivity contribution in [2.24, 2.45) is 39.9 Å². The minimum absolute atomic E-state index is 0.00918. The van der Waals surface area contributed by atoms with E-state index in [0.717, 1.165) is 6.42 Å². The average Bonchev–Trinajstić information content (AvgIpc) is 2.98. The molecule has 7 heteroatoms. The zero-order valence-electron chi connectivity index (χ0n) is 13.1. The molecule has 6 fully saturated rings. The molecule has 1 nitrogen and oxygen atoms in total. The quantitative estimate of drug-likeness (QED) is 0.730. The molecule has 0 aliphatic heterocycles. The van der Waals surface area contributed by atoms with Gasteiger partial charge in [0.15, 0.2) is 0 Å². The van der Waals surface area contributed by atoms with Crippen LogP contribution in [-0.2, 0) is 0 Å². The van der Waals surface area contributed by atoms with Crippen molar-refractivity contribution in [3.8, 4) is 0 Å². The molecule has 4 bridgehead atoms. The first-order chi connectivity index (χ1) is 10.2. The van der Waals surface area contributed by atoms with Crippen molar-refractivity contribution in [1.29, 1.82) is 0 Å². The molecule has 0 saturated heterocycles. The molecule has 0 aromatic heterocycles. The Hall–Kier alpha value is -0.460. The molecule has 0 aromatic rings. The second-order valence-corrected chi connectivity index (χ2v) is 8.92. The third-order valence-corrected chi connectivity index (χ3v) is 8.50. The average molecular weight is 342 g/mol. The number of hydrogen-bond donors (Lipinski definition) is 1. The van der Waals surface area contributed by atoms with Gasteiger partial charge >= 0.3 is 12.4 Å². The van der Waals surface area contributed by atoms with Gasteiger partial charge in [0.2, 0.25) is 0 Å². The Labute approximate surface area is 130 Å². The highest BCUT2D eigenvalue weighted by atomic mass is 19.4. The van der Waals surface area contributed by atoms with Gasteiger partial charge in [-0.2, -0.15) is 26.3 Å². The first-order valence-electron chi connectivity index (χ1n) is 8.03. The Kier molecular flexibility index (Phi) is 2.48. The van der Waals surface area contributed by atoms with Crippen LogP contribution in [0.1, 0.15) is 40.0 Å². The summed E-state index contributed by atoms with van der Waals surface area (Å²) >= 11 is 0. The summed E-state index contributed by atoms with van der Waals surface area (Å²) in [6, 6.07) is 0. The summed E-state index contributed by atoms with van der Waals surface area (Å²) in [5.74, 6) is 0.145. The Morgan fingerprint density at radius 1 is 1.04 bits per heavy atom. The fourth-order valence-corrected chi connectivity index (χ4v) is 7.73. The van der Waals surface area contributed by atoms with E-state index in [1.54, 1.807) is 0 Å². The lowest BCUT2D eigenvalue weighted by Gasteiger charge is -2.78. The Balaban J connectivity index is 1.68. The maximum absolute atomic E-state index is 13.0. The predicted octanol–water partition coefficient (Wildman–Crippen LogP) is 4.55. The van der Waals surface area contributed by atoms with Crippen LogP contribution in [0.3, 0.4) is 0 Å². The Morgan fingerprint density at radius 2 is 1.57 bits per heavy atom. The lowest BCUT2D eigenvalue weighted by molar-refractivity contribution is -0.385. The van der Waals surface area contributed by atoms with Crippen molar-refractivity contribution in [3.05, 3.63) is 0 Å². The van der Waals surface area contributed by atoms with Crippen LogP contribution in [0.4, 0.5) is 26.3 Å². The largest absolute Gasteiger partial charge is 0.426 e. The number of aliphatic hydroxyl groups is 1. The second-order valence-electron chi connectivity index (χ2n) is 8.92. The van der Waals surface area contributed by atoms with E-state index in [4.69, 9.17) is 0 Å². The number of alkyl halides is 6. The Bertz CT molecular complexity index is 564.